The zero-order valence-corrected chi connectivity index (χ0v) is 34.4. The van der Waals surface area contributed by atoms with Gasteiger partial charge in [0.2, 0.25) is 0 Å². The largest absolute Gasteiger partial charge is 0.455 e. The van der Waals surface area contributed by atoms with Crippen LogP contribution < -0.4 is 0 Å². The highest BCUT2D eigenvalue weighted by molar-refractivity contribution is 7.26. The lowest BCUT2D eigenvalue weighted by atomic mass is 9.91. The smallest absolute Gasteiger partial charge is 0.143 e. The number of hydrogen-bond donors (Lipinski definition) is 0. The predicted octanol–water partition coefficient (Wildman–Crippen LogP) is 17.0. The molecule has 12 aromatic rings. The van der Waals surface area contributed by atoms with Gasteiger partial charge in [-0.2, -0.15) is 0 Å². The summed E-state index contributed by atoms with van der Waals surface area (Å²) in [4.78, 5) is 4.32. The van der Waals surface area contributed by atoms with Crippen molar-refractivity contribution in [1.29, 1.82) is 0 Å². The van der Waals surface area contributed by atoms with E-state index in [1.807, 2.05) is 35.9 Å². The van der Waals surface area contributed by atoms with Gasteiger partial charge in [-0.25, -0.2) is 0 Å². The molecule has 0 bridgehead atoms. The first-order valence-electron chi connectivity index (χ1n) is 21.0. The first-order chi connectivity index (χ1) is 30.7. The lowest BCUT2D eigenvalue weighted by molar-refractivity contribution is 0.670. The van der Waals surface area contributed by atoms with Crippen molar-refractivity contribution in [2.45, 2.75) is 0 Å². The van der Waals surface area contributed by atoms with Crippen LogP contribution in [0.25, 0.3) is 120 Å². The van der Waals surface area contributed by atoms with Gasteiger partial charge < -0.3 is 4.42 Å². The molecule has 0 atom stereocenters. The highest BCUT2D eigenvalue weighted by Gasteiger charge is 2.15. The molecule has 0 spiro atoms. The highest BCUT2D eigenvalue weighted by Crippen LogP contribution is 2.42. The summed E-state index contributed by atoms with van der Waals surface area (Å²) < 4.78 is 9.12. The fourth-order valence-electron chi connectivity index (χ4n) is 9.11. The monoisotopic (exact) mass is 807 g/mol. The van der Waals surface area contributed by atoms with Crippen LogP contribution in [0, 0.1) is 0 Å². The molecular formula is C59H37NOS. The third kappa shape index (κ3) is 6.39. The number of para-hydroxylation sites is 2. The maximum absolute atomic E-state index is 6.46. The van der Waals surface area contributed by atoms with Crippen LogP contribution in [0.1, 0.15) is 0 Å². The van der Waals surface area contributed by atoms with Crippen molar-refractivity contribution >= 4 is 53.4 Å². The van der Waals surface area contributed by atoms with Crippen molar-refractivity contribution in [3.05, 3.63) is 225 Å². The standard InChI is InChI=1S/C59H37NOS/c1-3-25-56-52(19-1)54-23-9-21-50(58(54)61-56)45-17-8-16-44(34-45)49-36-47(38-27-29-60-30-28-38)35-48(37-49)43-15-6-13-41(32-43)39-11-5-12-40(31-39)42-14-7-18-46(33-42)51-22-10-24-55-53-20-2-4-26-57(53)62-59(51)55/h1-37H. The second kappa shape index (κ2) is 15.0. The number of rotatable bonds is 7. The number of aromatic nitrogens is 1. The Hall–Kier alpha value is -7.85. The third-order valence-corrected chi connectivity index (χ3v) is 13.4. The average Bonchev–Trinajstić information content (AvgIpc) is 3.93. The third-order valence-electron chi connectivity index (χ3n) is 12.2. The molecule has 290 valence electrons. The van der Waals surface area contributed by atoms with E-state index in [0.29, 0.717) is 0 Å². The van der Waals surface area contributed by atoms with Crippen molar-refractivity contribution < 1.29 is 4.42 Å². The number of fused-ring (bicyclic) bond motifs is 6. The Balaban J connectivity index is 0.916. The molecule has 0 N–H and O–H groups in total. The maximum atomic E-state index is 6.46. The Kier molecular flexibility index (Phi) is 8.72. The first-order valence-corrected chi connectivity index (χ1v) is 21.8. The molecule has 12 rings (SSSR count). The minimum atomic E-state index is 0.904. The molecule has 0 amide bonds. The minimum absolute atomic E-state index is 0.904. The Morgan fingerprint density at radius 2 is 0.742 bits per heavy atom. The molecule has 9 aromatic carbocycles. The number of pyridine rings is 1. The summed E-state index contributed by atoms with van der Waals surface area (Å²) in [6.45, 7) is 0. The number of thiophene rings is 1. The Morgan fingerprint density at radius 1 is 0.306 bits per heavy atom. The lowest BCUT2D eigenvalue weighted by Gasteiger charge is -2.14. The summed E-state index contributed by atoms with van der Waals surface area (Å²) in [5.74, 6) is 0. The molecule has 62 heavy (non-hydrogen) atoms. The number of hydrogen-bond acceptors (Lipinski definition) is 3. The van der Waals surface area contributed by atoms with Crippen LogP contribution in [0.2, 0.25) is 0 Å². The molecule has 0 saturated heterocycles. The maximum Gasteiger partial charge on any atom is 0.143 e. The van der Waals surface area contributed by atoms with Crippen LogP contribution in [-0.4, -0.2) is 4.98 Å². The summed E-state index contributed by atoms with van der Waals surface area (Å²) in [6.07, 6.45) is 3.73. The minimum Gasteiger partial charge on any atom is -0.455 e. The SMILES string of the molecule is c1cc(-c2cccc(-c3cccc(-c4cccc5c4sc4ccccc45)c3)c2)cc(-c2cc(-c3ccncc3)cc(-c3cccc(-c4cccc5c4oc4ccccc45)c3)c2)c1. The van der Waals surface area contributed by atoms with Crippen LogP contribution in [0.4, 0.5) is 0 Å². The molecule has 0 saturated carbocycles. The van der Waals surface area contributed by atoms with E-state index in [-0.39, 0.29) is 0 Å². The molecule has 3 heterocycles. The van der Waals surface area contributed by atoms with Crippen LogP contribution in [0.3, 0.4) is 0 Å². The summed E-state index contributed by atoms with van der Waals surface area (Å²) >= 11 is 1.88. The fraction of sp³-hybridized carbons (Fsp3) is 0. The normalized spacial score (nSPS) is 11.5. The molecular weight excluding hydrogens is 771 g/mol. The molecule has 0 radical (unpaired) electrons. The van der Waals surface area contributed by atoms with Crippen LogP contribution in [0.15, 0.2) is 229 Å². The average molecular weight is 808 g/mol. The zero-order chi connectivity index (χ0) is 41.0. The van der Waals surface area contributed by atoms with Crippen molar-refractivity contribution in [2.24, 2.45) is 0 Å². The van der Waals surface area contributed by atoms with E-state index < -0.39 is 0 Å². The summed E-state index contributed by atoms with van der Waals surface area (Å²) in [5.41, 5.74) is 18.1. The van der Waals surface area contributed by atoms with Gasteiger partial charge in [0, 0.05) is 48.9 Å². The van der Waals surface area contributed by atoms with E-state index in [1.165, 1.54) is 53.6 Å². The van der Waals surface area contributed by atoms with Crippen LogP contribution >= 0.6 is 11.3 Å². The van der Waals surface area contributed by atoms with E-state index in [9.17, 15) is 0 Å². The molecule has 3 heteroatoms. The number of furan rings is 1. The highest BCUT2D eigenvalue weighted by atomic mass is 32.1. The molecule has 0 aliphatic heterocycles. The quantitative estimate of drug-likeness (QED) is 0.160. The summed E-state index contributed by atoms with van der Waals surface area (Å²) in [7, 11) is 0. The van der Waals surface area contributed by atoms with Gasteiger partial charge in [0.05, 0.1) is 0 Å². The Bertz CT molecular complexity index is 3650. The Labute approximate surface area is 363 Å². The van der Waals surface area contributed by atoms with E-state index in [1.54, 1.807) is 0 Å². The molecule has 0 aliphatic rings. The molecule has 0 unspecified atom stereocenters. The van der Waals surface area contributed by atoms with Crippen LogP contribution in [-0.2, 0) is 0 Å². The predicted molar refractivity (Wildman–Crippen MR) is 262 cm³/mol. The zero-order valence-electron chi connectivity index (χ0n) is 33.6. The second-order valence-corrected chi connectivity index (χ2v) is 17.0. The van der Waals surface area contributed by atoms with E-state index in [2.05, 4.69) is 205 Å². The second-order valence-electron chi connectivity index (χ2n) is 15.9. The molecule has 2 nitrogen and oxygen atoms in total. The summed E-state index contributed by atoms with van der Waals surface area (Å²) in [6, 6.07) is 76.9. The lowest BCUT2D eigenvalue weighted by Crippen LogP contribution is -1.88. The van der Waals surface area contributed by atoms with Gasteiger partial charge in [-0.15, -0.1) is 11.3 Å². The van der Waals surface area contributed by atoms with Gasteiger partial charge in [0.25, 0.3) is 0 Å². The molecule has 3 aromatic heterocycles. The van der Waals surface area contributed by atoms with Gasteiger partial charge in [0.1, 0.15) is 11.2 Å². The van der Waals surface area contributed by atoms with Gasteiger partial charge in [0.15, 0.2) is 0 Å². The van der Waals surface area contributed by atoms with Gasteiger partial charge in [-0.05, 0) is 139 Å². The van der Waals surface area contributed by atoms with Gasteiger partial charge in [-0.3, -0.25) is 4.98 Å². The van der Waals surface area contributed by atoms with Crippen molar-refractivity contribution in [3.63, 3.8) is 0 Å². The molecule has 0 fully saturated rings. The van der Waals surface area contributed by atoms with Crippen LogP contribution in [0.5, 0.6) is 0 Å². The fourth-order valence-corrected chi connectivity index (χ4v) is 10.3. The van der Waals surface area contributed by atoms with E-state index in [4.69, 9.17) is 4.42 Å². The summed E-state index contributed by atoms with van der Waals surface area (Å²) in [5, 5.41) is 4.91. The molecule has 0 aliphatic carbocycles. The van der Waals surface area contributed by atoms with Crippen molar-refractivity contribution in [2.75, 3.05) is 0 Å². The van der Waals surface area contributed by atoms with Gasteiger partial charge >= 0.3 is 0 Å². The van der Waals surface area contributed by atoms with Crippen molar-refractivity contribution in [1.82, 2.24) is 4.98 Å². The number of nitrogens with zero attached hydrogens (tertiary/aromatic N) is 1. The Morgan fingerprint density at radius 3 is 1.39 bits per heavy atom. The van der Waals surface area contributed by atoms with E-state index in [0.717, 1.165) is 66.4 Å². The van der Waals surface area contributed by atoms with Gasteiger partial charge in [-0.1, -0.05) is 146 Å². The number of benzene rings is 9. The topological polar surface area (TPSA) is 26.0 Å². The van der Waals surface area contributed by atoms with E-state index >= 15 is 0 Å². The van der Waals surface area contributed by atoms with Crippen molar-refractivity contribution in [3.8, 4) is 77.9 Å². The first kappa shape index (κ1) is 36.0.